The number of hydrogen-bond acceptors (Lipinski definition) is 5. The molecule has 1 aromatic rings. The van der Waals surface area contributed by atoms with Crippen molar-refractivity contribution in [1.82, 2.24) is 10.2 Å². The van der Waals surface area contributed by atoms with Crippen LogP contribution in [0.4, 0.5) is 0 Å². The molecule has 2 aliphatic heterocycles. The standard InChI is InChI=1S/C18H21ClN2O4/c1-4-21-15(22)12-13(16(21)23)18(3,17(24)25-5-2)20-14(12)10-6-8-11(19)9-7-10/h6-9,12-14,20H,4-5H2,1-3H3. The van der Waals surface area contributed by atoms with E-state index in [0.29, 0.717) is 5.02 Å². The Kier molecular flexibility index (Phi) is 4.60. The first-order valence-corrected chi connectivity index (χ1v) is 8.78. The lowest BCUT2D eigenvalue weighted by Crippen LogP contribution is -2.54. The van der Waals surface area contributed by atoms with E-state index in [1.165, 1.54) is 4.90 Å². The van der Waals surface area contributed by atoms with Crippen molar-refractivity contribution in [3.63, 3.8) is 0 Å². The van der Waals surface area contributed by atoms with Crippen LogP contribution in [0.3, 0.4) is 0 Å². The van der Waals surface area contributed by atoms with Crippen molar-refractivity contribution < 1.29 is 19.1 Å². The molecular weight excluding hydrogens is 344 g/mol. The van der Waals surface area contributed by atoms with Gasteiger partial charge in [-0.25, -0.2) is 0 Å². The highest BCUT2D eigenvalue weighted by atomic mass is 35.5. The molecule has 0 aromatic heterocycles. The van der Waals surface area contributed by atoms with E-state index in [0.717, 1.165) is 5.56 Å². The number of carbonyl (C=O) groups is 3. The van der Waals surface area contributed by atoms with Gasteiger partial charge >= 0.3 is 5.97 Å². The average Bonchev–Trinajstić information content (AvgIpc) is 3.03. The molecule has 0 aliphatic carbocycles. The van der Waals surface area contributed by atoms with E-state index in [2.05, 4.69) is 5.32 Å². The predicted octanol–water partition coefficient (Wildman–Crippen LogP) is 1.93. The third kappa shape index (κ3) is 2.64. The summed E-state index contributed by atoms with van der Waals surface area (Å²) in [4.78, 5) is 39.5. The molecule has 4 unspecified atom stereocenters. The van der Waals surface area contributed by atoms with Crippen molar-refractivity contribution in [2.24, 2.45) is 11.8 Å². The summed E-state index contributed by atoms with van der Waals surface area (Å²) >= 11 is 5.95. The summed E-state index contributed by atoms with van der Waals surface area (Å²) in [6.07, 6.45) is 0. The van der Waals surface area contributed by atoms with Crippen LogP contribution in [0.15, 0.2) is 24.3 Å². The maximum atomic E-state index is 12.8. The molecule has 0 spiro atoms. The van der Waals surface area contributed by atoms with Crippen LogP contribution in [0.5, 0.6) is 0 Å². The monoisotopic (exact) mass is 364 g/mol. The second-order valence-electron chi connectivity index (χ2n) is 6.52. The molecule has 2 saturated heterocycles. The van der Waals surface area contributed by atoms with Gasteiger partial charge in [-0.1, -0.05) is 23.7 Å². The van der Waals surface area contributed by atoms with Gasteiger partial charge < -0.3 is 4.74 Å². The Morgan fingerprint density at radius 3 is 2.44 bits per heavy atom. The molecule has 134 valence electrons. The summed E-state index contributed by atoms with van der Waals surface area (Å²) in [6, 6.07) is 6.61. The minimum absolute atomic E-state index is 0.207. The van der Waals surface area contributed by atoms with Crippen molar-refractivity contribution in [3.8, 4) is 0 Å². The molecular formula is C18H21ClN2O4. The van der Waals surface area contributed by atoms with E-state index >= 15 is 0 Å². The van der Waals surface area contributed by atoms with Crippen LogP contribution in [0.1, 0.15) is 32.4 Å². The highest BCUT2D eigenvalue weighted by Crippen LogP contribution is 2.49. The van der Waals surface area contributed by atoms with E-state index in [9.17, 15) is 14.4 Å². The van der Waals surface area contributed by atoms with Gasteiger partial charge in [-0.05, 0) is 38.5 Å². The number of esters is 1. The summed E-state index contributed by atoms with van der Waals surface area (Å²) < 4.78 is 5.19. The van der Waals surface area contributed by atoms with Gasteiger partial charge in [0.15, 0.2) is 0 Å². The third-order valence-corrected chi connectivity index (χ3v) is 5.38. The molecule has 2 amide bonds. The summed E-state index contributed by atoms with van der Waals surface area (Å²) in [5, 5.41) is 3.79. The van der Waals surface area contributed by atoms with Gasteiger partial charge in [-0.2, -0.15) is 0 Å². The Hall–Kier alpha value is -1.92. The number of imide groups is 1. The fourth-order valence-corrected chi connectivity index (χ4v) is 4.06. The summed E-state index contributed by atoms with van der Waals surface area (Å²) in [7, 11) is 0. The first kappa shape index (κ1) is 17.9. The molecule has 7 heteroatoms. The zero-order valence-electron chi connectivity index (χ0n) is 14.4. The summed E-state index contributed by atoms with van der Waals surface area (Å²) in [5.74, 6) is -2.50. The number of benzene rings is 1. The van der Waals surface area contributed by atoms with Gasteiger partial charge in [0.25, 0.3) is 0 Å². The Balaban J connectivity index is 2.07. The Morgan fingerprint density at radius 2 is 1.88 bits per heavy atom. The van der Waals surface area contributed by atoms with Crippen LogP contribution in [0.2, 0.25) is 5.02 Å². The van der Waals surface area contributed by atoms with Crippen molar-refractivity contribution >= 4 is 29.4 Å². The predicted molar refractivity (Wildman–Crippen MR) is 91.7 cm³/mol. The molecule has 0 bridgehead atoms. The van der Waals surface area contributed by atoms with Crippen LogP contribution in [0, 0.1) is 11.8 Å². The second-order valence-corrected chi connectivity index (χ2v) is 6.96. The van der Waals surface area contributed by atoms with Crippen LogP contribution in [-0.4, -0.2) is 41.4 Å². The minimum atomic E-state index is -1.25. The molecule has 2 fully saturated rings. The lowest BCUT2D eigenvalue weighted by atomic mass is 9.80. The maximum Gasteiger partial charge on any atom is 0.326 e. The number of nitrogens with zero attached hydrogens (tertiary/aromatic N) is 1. The van der Waals surface area contributed by atoms with Crippen LogP contribution in [0.25, 0.3) is 0 Å². The third-order valence-electron chi connectivity index (χ3n) is 5.12. The second kappa shape index (κ2) is 6.42. The number of ether oxygens (including phenoxy) is 1. The molecule has 4 atom stereocenters. The number of likely N-dealkylation sites (tertiary alicyclic amines) is 1. The zero-order chi connectivity index (χ0) is 18.4. The van der Waals surface area contributed by atoms with Crippen LogP contribution in [-0.2, 0) is 19.1 Å². The zero-order valence-corrected chi connectivity index (χ0v) is 15.2. The van der Waals surface area contributed by atoms with Gasteiger partial charge in [0, 0.05) is 17.6 Å². The minimum Gasteiger partial charge on any atom is -0.465 e. The maximum absolute atomic E-state index is 12.8. The Labute approximate surface area is 151 Å². The van der Waals surface area contributed by atoms with Gasteiger partial charge in [0.1, 0.15) is 5.54 Å². The number of nitrogens with one attached hydrogen (secondary N) is 1. The average molecular weight is 365 g/mol. The molecule has 3 rings (SSSR count). The van der Waals surface area contributed by atoms with E-state index in [1.807, 2.05) is 0 Å². The smallest absolute Gasteiger partial charge is 0.326 e. The van der Waals surface area contributed by atoms with Gasteiger partial charge in [0.2, 0.25) is 11.8 Å². The highest BCUT2D eigenvalue weighted by molar-refractivity contribution is 6.30. The number of halogens is 1. The van der Waals surface area contributed by atoms with E-state index in [4.69, 9.17) is 16.3 Å². The van der Waals surface area contributed by atoms with Crippen molar-refractivity contribution in [3.05, 3.63) is 34.9 Å². The Morgan fingerprint density at radius 1 is 1.24 bits per heavy atom. The number of amides is 2. The summed E-state index contributed by atoms with van der Waals surface area (Å²) in [6.45, 7) is 5.60. The molecule has 2 heterocycles. The lowest BCUT2D eigenvalue weighted by molar-refractivity contribution is -0.155. The fourth-order valence-electron chi connectivity index (χ4n) is 3.94. The molecule has 1 aromatic carbocycles. The van der Waals surface area contributed by atoms with Crippen molar-refractivity contribution in [1.29, 1.82) is 0 Å². The van der Waals surface area contributed by atoms with Gasteiger partial charge in [-0.15, -0.1) is 0 Å². The largest absolute Gasteiger partial charge is 0.465 e. The first-order valence-electron chi connectivity index (χ1n) is 8.40. The molecule has 0 saturated carbocycles. The van der Waals surface area contributed by atoms with E-state index in [1.54, 1.807) is 45.0 Å². The van der Waals surface area contributed by atoms with Gasteiger partial charge in [0.05, 0.1) is 18.4 Å². The van der Waals surface area contributed by atoms with E-state index < -0.39 is 29.4 Å². The van der Waals surface area contributed by atoms with Crippen LogP contribution >= 0.6 is 11.6 Å². The Bertz CT molecular complexity index is 720. The molecule has 25 heavy (non-hydrogen) atoms. The summed E-state index contributed by atoms with van der Waals surface area (Å²) in [5.41, 5.74) is -0.437. The number of carbonyl (C=O) groups excluding carboxylic acids is 3. The molecule has 2 aliphatic rings. The van der Waals surface area contributed by atoms with Crippen molar-refractivity contribution in [2.45, 2.75) is 32.4 Å². The number of hydrogen-bond donors (Lipinski definition) is 1. The topological polar surface area (TPSA) is 75.7 Å². The fraction of sp³-hybridized carbons (Fsp3) is 0.500. The quantitative estimate of drug-likeness (QED) is 0.652. The number of fused-ring (bicyclic) bond motifs is 1. The number of rotatable bonds is 4. The first-order chi connectivity index (χ1) is 11.8. The normalized spacial score (nSPS) is 31.4. The highest BCUT2D eigenvalue weighted by Gasteiger charge is 2.66. The van der Waals surface area contributed by atoms with E-state index in [-0.39, 0.29) is 25.0 Å². The SMILES string of the molecule is CCOC(=O)C1(C)NC(c2ccc(Cl)cc2)C2C(=O)N(CC)C(=O)C21. The molecule has 0 radical (unpaired) electrons. The van der Waals surface area contributed by atoms with Gasteiger partial charge in [-0.3, -0.25) is 24.6 Å². The lowest BCUT2D eigenvalue weighted by Gasteiger charge is -2.28. The molecule has 1 N–H and O–H groups in total. The van der Waals surface area contributed by atoms with Crippen molar-refractivity contribution in [2.75, 3.05) is 13.2 Å². The van der Waals surface area contributed by atoms with Crippen LogP contribution < -0.4 is 5.32 Å². The molecule has 6 nitrogen and oxygen atoms in total.